The molecule has 0 atom stereocenters. The van der Waals surface area contributed by atoms with Gasteiger partial charge in [-0.25, -0.2) is 9.37 Å². The molecular weight excluding hydrogens is 293 g/mol. The van der Waals surface area contributed by atoms with E-state index in [4.69, 9.17) is 0 Å². The molecule has 0 bridgehead atoms. The number of rotatable bonds is 5. The Bertz CT molecular complexity index is 668. The summed E-state index contributed by atoms with van der Waals surface area (Å²) in [5, 5.41) is 3.09. The molecule has 0 amide bonds. The lowest BCUT2D eigenvalue weighted by Crippen LogP contribution is -2.47. The average molecular weight is 313 g/mol. The van der Waals surface area contributed by atoms with Crippen LogP contribution < -0.4 is 15.1 Å². The molecule has 0 radical (unpaired) electrons. The van der Waals surface area contributed by atoms with Gasteiger partial charge in [0, 0.05) is 38.9 Å². The van der Waals surface area contributed by atoms with Gasteiger partial charge in [-0.2, -0.15) is 4.98 Å². The Morgan fingerprint density at radius 3 is 2.61 bits per heavy atom. The maximum atomic E-state index is 13.9. The van der Waals surface area contributed by atoms with Gasteiger partial charge in [0.25, 0.3) is 0 Å². The number of aromatic nitrogens is 2. The van der Waals surface area contributed by atoms with Crippen molar-refractivity contribution in [1.82, 2.24) is 9.97 Å². The van der Waals surface area contributed by atoms with E-state index in [1.165, 1.54) is 6.07 Å². The minimum atomic E-state index is -0.168. The summed E-state index contributed by atoms with van der Waals surface area (Å²) in [5.74, 6) is 1.32. The summed E-state index contributed by atoms with van der Waals surface area (Å²) in [6.07, 6.45) is 3.51. The fourth-order valence-electron chi connectivity index (χ4n) is 2.66. The second-order valence-corrected chi connectivity index (χ2v) is 5.33. The molecular formula is C17H20FN5. The summed E-state index contributed by atoms with van der Waals surface area (Å²) in [5.41, 5.74) is 0.670. The van der Waals surface area contributed by atoms with E-state index in [0.29, 0.717) is 18.2 Å². The zero-order chi connectivity index (χ0) is 16.1. The van der Waals surface area contributed by atoms with Crippen LogP contribution in [0.15, 0.2) is 49.2 Å². The van der Waals surface area contributed by atoms with Gasteiger partial charge in [0.2, 0.25) is 5.95 Å². The van der Waals surface area contributed by atoms with E-state index in [0.717, 1.165) is 32.0 Å². The van der Waals surface area contributed by atoms with Gasteiger partial charge in [0.15, 0.2) is 0 Å². The van der Waals surface area contributed by atoms with Gasteiger partial charge in [-0.05, 0) is 18.2 Å². The molecule has 2 aromatic rings. The minimum absolute atomic E-state index is 0.168. The lowest BCUT2D eigenvalue weighted by molar-refractivity contribution is 0.596. The molecule has 0 aliphatic carbocycles. The van der Waals surface area contributed by atoms with Crippen molar-refractivity contribution in [2.75, 3.05) is 47.8 Å². The van der Waals surface area contributed by atoms with Crippen molar-refractivity contribution in [2.45, 2.75) is 0 Å². The second kappa shape index (κ2) is 7.09. The molecule has 6 heteroatoms. The molecule has 1 saturated heterocycles. The number of nitrogens with one attached hydrogen (secondary N) is 1. The van der Waals surface area contributed by atoms with E-state index in [9.17, 15) is 4.39 Å². The predicted octanol–water partition coefficient (Wildman–Crippen LogP) is 2.54. The summed E-state index contributed by atoms with van der Waals surface area (Å²) < 4.78 is 13.9. The Morgan fingerprint density at radius 2 is 1.87 bits per heavy atom. The fourth-order valence-corrected chi connectivity index (χ4v) is 2.66. The van der Waals surface area contributed by atoms with E-state index in [1.807, 2.05) is 18.2 Å². The van der Waals surface area contributed by atoms with Crippen LogP contribution in [-0.2, 0) is 0 Å². The summed E-state index contributed by atoms with van der Waals surface area (Å²) in [7, 11) is 0. The second-order valence-electron chi connectivity index (χ2n) is 5.33. The first-order valence-electron chi connectivity index (χ1n) is 7.70. The monoisotopic (exact) mass is 313 g/mol. The van der Waals surface area contributed by atoms with Crippen LogP contribution >= 0.6 is 0 Å². The van der Waals surface area contributed by atoms with E-state index in [-0.39, 0.29) is 5.82 Å². The van der Waals surface area contributed by atoms with Crippen molar-refractivity contribution in [2.24, 2.45) is 0 Å². The number of nitrogens with zero attached hydrogens (tertiary/aromatic N) is 4. The van der Waals surface area contributed by atoms with Gasteiger partial charge in [-0.1, -0.05) is 18.2 Å². The zero-order valence-electron chi connectivity index (χ0n) is 13.0. The van der Waals surface area contributed by atoms with E-state index < -0.39 is 0 Å². The molecule has 5 nitrogen and oxygen atoms in total. The molecule has 2 heterocycles. The predicted molar refractivity (Wildman–Crippen MR) is 91.5 cm³/mol. The quantitative estimate of drug-likeness (QED) is 0.860. The largest absolute Gasteiger partial charge is 0.366 e. The fraction of sp³-hybridized carbons (Fsp3) is 0.294. The molecule has 0 saturated carbocycles. The molecule has 1 aromatic heterocycles. The van der Waals surface area contributed by atoms with Crippen LogP contribution in [-0.4, -0.2) is 42.7 Å². The molecule has 1 fully saturated rings. The van der Waals surface area contributed by atoms with Crippen LogP contribution in [0.2, 0.25) is 0 Å². The summed E-state index contributed by atoms with van der Waals surface area (Å²) in [4.78, 5) is 13.0. The third kappa shape index (κ3) is 3.59. The average Bonchev–Trinajstić information content (AvgIpc) is 2.61. The van der Waals surface area contributed by atoms with E-state index in [1.54, 1.807) is 18.3 Å². The van der Waals surface area contributed by atoms with Gasteiger partial charge in [0.1, 0.15) is 11.6 Å². The van der Waals surface area contributed by atoms with Crippen molar-refractivity contribution < 1.29 is 4.39 Å². The lowest BCUT2D eigenvalue weighted by atomic mass is 10.2. The maximum Gasteiger partial charge on any atom is 0.224 e. The summed E-state index contributed by atoms with van der Waals surface area (Å²) in [6, 6.07) is 8.81. The van der Waals surface area contributed by atoms with Gasteiger partial charge < -0.3 is 15.1 Å². The Hall–Kier alpha value is -2.63. The molecule has 0 spiro atoms. The van der Waals surface area contributed by atoms with E-state index >= 15 is 0 Å². The van der Waals surface area contributed by atoms with Crippen LogP contribution in [0.4, 0.5) is 21.8 Å². The first kappa shape index (κ1) is 15.3. The van der Waals surface area contributed by atoms with Crippen LogP contribution in [0.3, 0.4) is 0 Å². The highest BCUT2D eigenvalue weighted by atomic mass is 19.1. The molecule has 1 aromatic carbocycles. The SMILES string of the molecule is C=CCNc1nccc(N2CCN(c3ccccc3F)CC2)n1. The van der Waals surface area contributed by atoms with Crippen LogP contribution in [0, 0.1) is 5.82 Å². The van der Waals surface area contributed by atoms with Gasteiger partial charge in [-0.15, -0.1) is 6.58 Å². The Labute approximate surface area is 135 Å². The maximum absolute atomic E-state index is 13.9. The number of halogens is 1. The lowest BCUT2D eigenvalue weighted by Gasteiger charge is -2.36. The van der Waals surface area contributed by atoms with Crippen molar-refractivity contribution in [3.8, 4) is 0 Å². The number of anilines is 3. The molecule has 1 N–H and O–H groups in total. The molecule has 23 heavy (non-hydrogen) atoms. The molecule has 0 unspecified atom stereocenters. The number of benzene rings is 1. The third-order valence-corrected chi connectivity index (χ3v) is 3.84. The molecule has 120 valence electrons. The van der Waals surface area contributed by atoms with Crippen molar-refractivity contribution in [3.05, 3.63) is 55.0 Å². The van der Waals surface area contributed by atoms with Crippen molar-refractivity contribution in [3.63, 3.8) is 0 Å². The first-order chi connectivity index (χ1) is 11.3. The van der Waals surface area contributed by atoms with Gasteiger partial charge in [-0.3, -0.25) is 0 Å². The van der Waals surface area contributed by atoms with E-state index in [2.05, 4.69) is 31.7 Å². The number of piperazine rings is 1. The first-order valence-corrected chi connectivity index (χ1v) is 7.70. The van der Waals surface area contributed by atoms with Crippen LogP contribution in [0.1, 0.15) is 0 Å². The topological polar surface area (TPSA) is 44.3 Å². The normalized spacial score (nSPS) is 14.7. The summed E-state index contributed by atoms with van der Waals surface area (Å²) in [6.45, 7) is 7.42. The standard InChI is InChI=1S/C17H20FN5/c1-2-8-19-17-20-9-7-16(21-17)23-12-10-22(11-13-23)15-6-4-3-5-14(15)18/h2-7,9H,1,8,10-13H2,(H,19,20,21). The highest BCUT2D eigenvalue weighted by Crippen LogP contribution is 2.22. The Balaban J connectivity index is 1.65. The Kier molecular flexibility index (Phi) is 4.71. The van der Waals surface area contributed by atoms with Gasteiger partial charge >= 0.3 is 0 Å². The number of hydrogen-bond acceptors (Lipinski definition) is 5. The van der Waals surface area contributed by atoms with Gasteiger partial charge in [0.05, 0.1) is 5.69 Å². The third-order valence-electron chi connectivity index (χ3n) is 3.84. The minimum Gasteiger partial charge on any atom is -0.366 e. The highest BCUT2D eigenvalue weighted by molar-refractivity contribution is 5.51. The highest BCUT2D eigenvalue weighted by Gasteiger charge is 2.20. The summed E-state index contributed by atoms with van der Waals surface area (Å²) >= 11 is 0. The molecule has 1 aliphatic rings. The number of hydrogen-bond donors (Lipinski definition) is 1. The van der Waals surface area contributed by atoms with Crippen LogP contribution in [0.25, 0.3) is 0 Å². The molecule has 3 rings (SSSR count). The smallest absolute Gasteiger partial charge is 0.224 e. The Morgan fingerprint density at radius 1 is 1.13 bits per heavy atom. The van der Waals surface area contributed by atoms with Crippen molar-refractivity contribution >= 4 is 17.5 Å². The van der Waals surface area contributed by atoms with Crippen molar-refractivity contribution in [1.29, 1.82) is 0 Å². The zero-order valence-corrected chi connectivity index (χ0v) is 13.0. The number of para-hydroxylation sites is 1. The van der Waals surface area contributed by atoms with Crippen LogP contribution in [0.5, 0.6) is 0 Å². The molecule has 1 aliphatic heterocycles.